The van der Waals surface area contributed by atoms with Crippen LogP contribution in [0.1, 0.15) is 26.2 Å². The van der Waals surface area contributed by atoms with E-state index in [1.807, 2.05) is 0 Å². The van der Waals surface area contributed by atoms with Crippen LogP contribution in [0.3, 0.4) is 0 Å². The van der Waals surface area contributed by atoms with Gasteiger partial charge in [-0.25, -0.2) is 0 Å². The van der Waals surface area contributed by atoms with E-state index >= 15 is 0 Å². The molecule has 1 saturated heterocycles. The van der Waals surface area contributed by atoms with Crippen molar-refractivity contribution in [1.29, 1.82) is 0 Å². The number of aliphatic hydroxyl groups is 1. The van der Waals surface area contributed by atoms with Crippen LogP contribution >= 0.6 is 12.2 Å². The second-order valence-corrected chi connectivity index (χ2v) is 5.21. The topological polar surface area (TPSA) is 52.7 Å². The summed E-state index contributed by atoms with van der Waals surface area (Å²) < 4.78 is 0. The fourth-order valence-electron chi connectivity index (χ4n) is 2.18. The van der Waals surface area contributed by atoms with Crippen molar-refractivity contribution >= 4 is 17.2 Å². The second-order valence-electron chi connectivity index (χ2n) is 4.74. The van der Waals surface area contributed by atoms with Gasteiger partial charge in [-0.3, -0.25) is 4.90 Å². The van der Waals surface area contributed by atoms with Crippen LogP contribution in [-0.4, -0.2) is 65.3 Å². The Balaban J connectivity index is 2.15. The highest BCUT2D eigenvalue weighted by atomic mass is 32.1. The number of hydrogen-bond acceptors (Lipinski definition) is 4. The van der Waals surface area contributed by atoms with E-state index in [1.54, 1.807) is 0 Å². The third kappa shape index (κ3) is 5.29. The Hall–Kier alpha value is -0.230. The number of aliphatic hydroxyl groups excluding tert-OH is 1. The number of hydrogen-bond donors (Lipinski definition) is 2. The molecule has 1 aliphatic heterocycles. The standard InChI is InChI=1S/C12H25N3OS/c1-11(12(13)17)15-8-6-14(7-9-15)5-3-2-4-10-16/h11,16H,2-10H2,1H3,(H2,13,17). The van der Waals surface area contributed by atoms with Gasteiger partial charge in [-0.2, -0.15) is 0 Å². The summed E-state index contributed by atoms with van der Waals surface area (Å²) in [7, 11) is 0. The molecule has 1 atom stereocenters. The van der Waals surface area contributed by atoms with Gasteiger partial charge in [-0.1, -0.05) is 12.2 Å². The van der Waals surface area contributed by atoms with Gasteiger partial charge in [-0.15, -0.1) is 0 Å². The van der Waals surface area contributed by atoms with Crippen molar-refractivity contribution in [3.05, 3.63) is 0 Å². The second kappa shape index (κ2) is 7.97. The fraction of sp³-hybridized carbons (Fsp3) is 0.917. The third-order valence-electron chi connectivity index (χ3n) is 3.50. The number of thiocarbonyl (C=S) groups is 1. The number of unbranched alkanes of at least 4 members (excludes halogenated alkanes) is 2. The van der Waals surface area contributed by atoms with Gasteiger partial charge < -0.3 is 15.7 Å². The quantitative estimate of drug-likeness (QED) is 0.513. The molecule has 1 unspecified atom stereocenters. The summed E-state index contributed by atoms with van der Waals surface area (Å²) in [6.07, 6.45) is 3.24. The van der Waals surface area contributed by atoms with E-state index in [1.165, 1.54) is 6.42 Å². The SMILES string of the molecule is CC(C(N)=S)N1CCN(CCCCCO)CC1. The Bertz CT molecular complexity index is 230. The molecule has 1 aliphatic rings. The number of nitrogens with two attached hydrogens (primary N) is 1. The van der Waals surface area contributed by atoms with E-state index in [4.69, 9.17) is 23.1 Å². The first kappa shape index (κ1) is 14.8. The molecule has 0 aromatic heterocycles. The largest absolute Gasteiger partial charge is 0.396 e. The molecule has 0 saturated carbocycles. The van der Waals surface area contributed by atoms with Gasteiger partial charge >= 0.3 is 0 Å². The normalized spacial score (nSPS) is 20.4. The van der Waals surface area contributed by atoms with Crippen LogP contribution < -0.4 is 5.73 Å². The molecule has 0 radical (unpaired) electrons. The lowest BCUT2D eigenvalue weighted by Gasteiger charge is -2.37. The Morgan fingerprint density at radius 3 is 2.41 bits per heavy atom. The molecule has 0 aromatic carbocycles. The molecular formula is C12H25N3OS. The maximum Gasteiger partial charge on any atom is 0.0899 e. The smallest absolute Gasteiger partial charge is 0.0899 e. The van der Waals surface area contributed by atoms with Gasteiger partial charge in [-0.05, 0) is 32.7 Å². The van der Waals surface area contributed by atoms with Crippen LogP contribution in [0.2, 0.25) is 0 Å². The van der Waals surface area contributed by atoms with Crippen LogP contribution in [0.5, 0.6) is 0 Å². The average Bonchev–Trinajstić information content (AvgIpc) is 2.34. The van der Waals surface area contributed by atoms with Gasteiger partial charge in [0.05, 0.1) is 11.0 Å². The van der Waals surface area contributed by atoms with E-state index in [9.17, 15) is 0 Å². The van der Waals surface area contributed by atoms with Crippen LogP contribution in [0, 0.1) is 0 Å². The molecule has 1 fully saturated rings. The van der Waals surface area contributed by atoms with E-state index < -0.39 is 0 Å². The molecule has 5 heteroatoms. The molecular weight excluding hydrogens is 234 g/mol. The maximum absolute atomic E-state index is 8.71. The summed E-state index contributed by atoms with van der Waals surface area (Å²) in [5, 5.41) is 8.71. The highest BCUT2D eigenvalue weighted by Gasteiger charge is 2.21. The first-order chi connectivity index (χ1) is 8.15. The minimum atomic E-state index is 0.224. The Morgan fingerprint density at radius 2 is 1.88 bits per heavy atom. The zero-order valence-electron chi connectivity index (χ0n) is 10.8. The van der Waals surface area contributed by atoms with Crippen LogP contribution in [0.25, 0.3) is 0 Å². The molecule has 0 aromatic rings. The van der Waals surface area contributed by atoms with E-state index in [0.29, 0.717) is 11.6 Å². The van der Waals surface area contributed by atoms with Gasteiger partial charge in [0.1, 0.15) is 0 Å². The summed E-state index contributed by atoms with van der Waals surface area (Å²) in [6, 6.07) is 0.224. The predicted octanol–water partition coefficient (Wildman–Crippen LogP) is 0.441. The molecule has 100 valence electrons. The van der Waals surface area contributed by atoms with Gasteiger partial charge in [0.15, 0.2) is 0 Å². The lowest BCUT2D eigenvalue weighted by Crippen LogP contribution is -2.52. The molecule has 0 amide bonds. The Morgan fingerprint density at radius 1 is 1.24 bits per heavy atom. The zero-order chi connectivity index (χ0) is 12.7. The fourth-order valence-corrected chi connectivity index (χ4v) is 2.33. The lowest BCUT2D eigenvalue weighted by molar-refractivity contribution is 0.121. The molecule has 0 bridgehead atoms. The molecule has 1 heterocycles. The van der Waals surface area contributed by atoms with Gasteiger partial charge in [0.2, 0.25) is 0 Å². The highest BCUT2D eigenvalue weighted by molar-refractivity contribution is 7.80. The summed E-state index contributed by atoms with van der Waals surface area (Å²) in [5.41, 5.74) is 5.67. The van der Waals surface area contributed by atoms with E-state index in [0.717, 1.165) is 45.6 Å². The summed E-state index contributed by atoms with van der Waals surface area (Å²) in [5.74, 6) is 0. The number of rotatable bonds is 7. The van der Waals surface area contributed by atoms with Crippen molar-refractivity contribution in [3.63, 3.8) is 0 Å². The monoisotopic (exact) mass is 259 g/mol. The van der Waals surface area contributed by atoms with Gasteiger partial charge in [0.25, 0.3) is 0 Å². The van der Waals surface area contributed by atoms with Crippen molar-refractivity contribution in [2.75, 3.05) is 39.3 Å². The van der Waals surface area contributed by atoms with Crippen molar-refractivity contribution in [3.8, 4) is 0 Å². The predicted molar refractivity (Wildman–Crippen MR) is 75.2 cm³/mol. The molecule has 17 heavy (non-hydrogen) atoms. The lowest BCUT2D eigenvalue weighted by atomic mass is 10.2. The zero-order valence-corrected chi connectivity index (χ0v) is 11.6. The van der Waals surface area contributed by atoms with Crippen molar-refractivity contribution in [2.24, 2.45) is 5.73 Å². The molecule has 0 aliphatic carbocycles. The van der Waals surface area contributed by atoms with Crippen molar-refractivity contribution in [2.45, 2.75) is 32.2 Å². The van der Waals surface area contributed by atoms with Crippen molar-refractivity contribution < 1.29 is 5.11 Å². The Labute approximate surface area is 110 Å². The summed E-state index contributed by atoms with van der Waals surface area (Å²) in [6.45, 7) is 7.86. The van der Waals surface area contributed by atoms with Crippen molar-refractivity contribution in [1.82, 2.24) is 9.80 Å². The van der Waals surface area contributed by atoms with E-state index in [-0.39, 0.29) is 6.04 Å². The minimum Gasteiger partial charge on any atom is -0.396 e. The highest BCUT2D eigenvalue weighted by Crippen LogP contribution is 2.08. The molecule has 1 rings (SSSR count). The minimum absolute atomic E-state index is 0.224. The third-order valence-corrected chi connectivity index (χ3v) is 3.84. The molecule has 0 spiro atoms. The number of piperazine rings is 1. The molecule has 4 nitrogen and oxygen atoms in total. The first-order valence-electron chi connectivity index (χ1n) is 6.51. The molecule has 3 N–H and O–H groups in total. The first-order valence-corrected chi connectivity index (χ1v) is 6.92. The number of nitrogens with zero attached hydrogens (tertiary/aromatic N) is 2. The van der Waals surface area contributed by atoms with E-state index in [2.05, 4.69) is 16.7 Å². The Kier molecular flexibility index (Phi) is 6.96. The van der Waals surface area contributed by atoms with Crippen LogP contribution in [0.15, 0.2) is 0 Å². The van der Waals surface area contributed by atoms with Gasteiger partial charge in [0, 0.05) is 32.8 Å². The summed E-state index contributed by atoms with van der Waals surface area (Å²) in [4.78, 5) is 5.44. The average molecular weight is 259 g/mol. The maximum atomic E-state index is 8.71. The van der Waals surface area contributed by atoms with Crippen LogP contribution in [-0.2, 0) is 0 Å². The summed E-state index contributed by atoms with van der Waals surface area (Å²) >= 11 is 5.03. The van der Waals surface area contributed by atoms with Crippen LogP contribution in [0.4, 0.5) is 0 Å².